The van der Waals surface area contributed by atoms with Crippen LogP contribution in [0.3, 0.4) is 0 Å². The van der Waals surface area contributed by atoms with Crippen LogP contribution in [-0.2, 0) is 13.0 Å². The monoisotopic (exact) mass is 463 g/mol. The minimum absolute atomic E-state index is 0.135. The molecule has 0 bridgehead atoms. The molecule has 0 spiro atoms. The zero-order chi connectivity index (χ0) is 22.4. The fourth-order valence-corrected chi connectivity index (χ4v) is 5.54. The smallest absolute Gasteiger partial charge is 0.205 e. The van der Waals surface area contributed by atoms with Crippen molar-refractivity contribution in [2.45, 2.75) is 13.0 Å². The number of halogens is 1. The minimum Gasteiger partial charge on any atom is -0.497 e. The average Bonchev–Trinajstić information content (AvgIpc) is 3.13. The lowest BCUT2D eigenvalue weighted by Crippen LogP contribution is -2.27. The van der Waals surface area contributed by atoms with Crippen LogP contribution in [0.1, 0.15) is 26.5 Å². The molecule has 32 heavy (non-hydrogen) atoms. The molecule has 0 saturated heterocycles. The molecular weight excluding hydrogens is 442 g/mol. The van der Waals surface area contributed by atoms with Crippen LogP contribution in [0.5, 0.6) is 5.75 Å². The summed E-state index contributed by atoms with van der Waals surface area (Å²) < 4.78 is 5.34. The molecule has 1 aliphatic rings. The maximum Gasteiger partial charge on any atom is 0.205 e. The van der Waals surface area contributed by atoms with E-state index in [9.17, 15) is 4.79 Å². The molecule has 162 valence electrons. The zero-order valence-corrected chi connectivity index (χ0v) is 19.4. The number of nitrogens with zero attached hydrogens (tertiary/aromatic N) is 2. The maximum absolute atomic E-state index is 13.3. The number of hydrogen-bond donors (Lipinski definition) is 1. The van der Waals surface area contributed by atoms with Crippen molar-refractivity contribution >= 4 is 44.6 Å². The van der Waals surface area contributed by atoms with E-state index in [0.29, 0.717) is 21.2 Å². The lowest BCUT2D eigenvalue weighted by molar-refractivity contribution is 0.104. The van der Waals surface area contributed by atoms with Crippen LogP contribution in [-0.4, -0.2) is 36.4 Å². The van der Waals surface area contributed by atoms with Gasteiger partial charge in [0.25, 0.3) is 0 Å². The van der Waals surface area contributed by atoms with E-state index in [1.54, 1.807) is 31.4 Å². The molecule has 3 heterocycles. The first-order valence-electron chi connectivity index (χ1n) is 10.3. The van der Waals surface area contributed by atoms with Crippen molar-refractivity contribution < 1.29 is 9.53 Å². The molecule has 1 aliphatic heterocycles. The first kappa shape index (κ1) is 20.9. The summed E-state index contributed by atoms with van der Waals surface area (Å²) in [6.07, 6.45) is 0.861. The third-order valence-electron chi connectivity index (χ3n) is 5.89. The number of thiophene rings is 1. The number of carbonyl (C=O) groups is 1. The highest BCUT2D eigenvalue weighted by Crippen LogP contribution is 2.44. The standard InChI is InChI=1S/C25H22ClN3O2S/c1-29-11-10-19-18(13-29)20(14-6-8-17(31-2)9-7-14)21-22(27)24(32-25(21)28-19)23(30)15-4-3-5-16(26)12-15/h3-9,12H,10-11,13,27H2,1-2H3. The number of likely N-dealkylation sites (N-methyl/N-ethyl adjacent to an activating group) is 1. The van der Waals surface area contributed by atoms with E-state index >= 15 is 0 Å². The Morgan fingerprint density at radius 1 is 1.22 bits per heavy atom. The van der Waals surface area contributed by atoms with Crippen LogP contribution >= 0.6 is 22.9 Å². The zero-order valence-electron chi connectivity index (χ0n) is 17.8. The first-order valence-corrected chi connectivity index (χ1v) is 11.5. The Balaban J connectivity index is 1.76. The predicted molar refractivity (Wildman–Crippen MR) is 131 cm³/mol. The number of methoxy groups -OCH3 is 1. The van der Waals surface area contributed by atoms with E-state index in [4.69, 9.17) is 27.1 Å². The van der Waals surface area contributed by atoms with E-state index < -0.39 is 0 Å². The van der Waals surface area contributed by atoms with Crippen molar-refractivity contribution in [3.05, 3.63) is 75.3 Å². The van der Waals surface area contributed by atoms with Crippen molar-refractivity contribution in [2.75, 3.05) is 26.4 Å². The predicted octanol–water partition coefficient (Wildman–Crippen LogP) is 5.43. The van der Waals surface area contributed by atoms with Crippen LogP contribution in [0.2, 0.25) is 5.02 Å². The topological polar surface area (TPSA) is 68.4 Å². The molecule has 0 atom stereocenters. The number of hydrogen-bond acceptors (Lipinski definition) is 6. The van der Waals surface area contributed by atoms with E-state index in [1.165, 1.54) is 16.9 Å². The Morgan fingerprint density at radius 2 is 2.00 bits per heavy atom. The number of nitrogens with two attached hydrogens (primary N) is 1. The summed E-state index contributed by atoms with van der Waals surface area (Å²) in [5.74, 6) is 0.656. The average molecular weight is 464 g/mol. The Bertz CT molecular complexity index is 1350. The summed E-state index contributed by atoms with van der Waals surface area (Å²) in [5.41, 5.74) is 12.0. The number of fused-ring (bicyclic) bond motifs is 2. The van der Waals surface area contributed by atoms with Crippen molar-refractivity contribution in [1.82, 2.24) is 9.88 Å². The van der Waals surface area contributed by atoms with Crippen molar-refractivity contribution in [3.8, 4) is 16.9 Å². The number of nitrogen functional groups attached to an aromatic ring is 1. The highest BCUT2D eigenvalue weighted by Gasteiger charge is 2.27. The van der Waals surface area contributed by atoms with Crippen LogP contribution in [0.15, 0.2) is 48.5 Å². The van der Waals surface area contributed by atoms with E-state index in [2.05, 4.69) is 11.9 Å². The van der Waals surface area contributed by atoms with Gasteiger partial charge in [0.2, 0.25) is 5.78 Å². The third kappa shape index (κ3) is 3.54. The molecule has 0 saturated carbocycles. The molecule has 5 nitrogen and oxygen atoms in total. The summed E-state index contributed by atoms with van der Waals surface area (Å²) in [7, 11) is 3.76. The van der Waals surface area contributed by atoms with Gasteiger partial charge in [0, 0.05) is 46.7 Å². The van der Waals surface area contributed by atoms with Gasteiger partial charge < -0.3 is 15.4 Å². The van der Waals surface area contributed by atoms with Gasteiger partial charge in [0.15, 0.2) is 0 Å². The highest BCUT2D eigenvalue weighted by molar-refractivity contribution is 7.21. The Labute approximate surface area is 195 Å². The molecule has 2 aromatic heterocycles. The summed E-state index contributed by atoms with van der Waals surface area (Å²) in [4.78, 5) is 21.8. The molecule has 0 amide bonds. The van der Waals surface area contributed by atoms with Crippen LogP contribution in [0.4, 0.5) is 5.69 Å². The van der Waals surface area contributed by atoms with Gasteiger partial charge in [0.05, 0.1) is 12.8 Å². The summed E-state index contributed by atoms with van der Waals surface area (Å²) in [6, 6.07) is 14.9. The molecule has 0 radical (unpaired) electrons. The minimum atomic E-state index is -0.135. The number of anilines is 1. The number of pyridine rings is 1. The summed E-state index contributed by atoms with van der Waals surface area (Å²) in [5, 5.41) is 1.37. The highest BCUT2D eigenvalue weighted by atomic mass is 35.5. The van der Waals surface area contributed by atoms with Crippen molar-refractivity contribution in [3.63, 3.8) is 0 Å². The first-order chi connectivity index (χ1) is 15.5. The number of ether oxygens (including phenoxy) is 1. The molecule has 0 unspecified atom stereocenters. The Hall–Kier alpha value is -2.93. The normalized spacial score (nSPS) is 13.8. The number of carbonyl (C=O) groups excluding carboxylic acids is 1. The summed E-state index contributed by atoms with van der Waals surface area (Å²) >= 11 is 7.47. The number of rotatable bonds is 4. The second kappa shape index (κ2) is 8.20. The molecule has 0 aliphatic carbocycles. The molecule has 2 aromatic carbocycles. The summed E-state index contributed by atoms with van der Waals surface area (Å²) in [6.45, 7) is 1.73. The molecule has 2 N–H and O–H groups in total. The van der Waals surface area contributed by atoms with Gasteiger partial charge in [-0.15, -0.1) is 11.3 Å². The molecular formula is C25H22ClN3O2S. The second-order valence-corrected chi connectivity index (χ2v) is 9.43. The fraction of sp³-hybridized carbons (Fsp3) is 0.200. The largest absolute Gasteiger partial charge is 0.497 e. The fourth-order valence-electron chi connectivity index (χ4n) is 4.27. The SMILES string of the molecule is COc1ccc(-c2c3c(nc4sc(C(=O)c5cccc(Cl)c5)c(N)c24)CCN(C)C3)cc1. The van der Waals surface area contributed by atoms with Gasteiger partial charge >= 0.3 is 0 Å². The van der Waals surface area contributed by atoms with Crippen LogP contribution in [0, 0.1) is 0 Å². The van der Waals surface area contributed by atoms with Gasteiger partial charge in [-0.1, -0.05) is 35.9 Å². The van der Waals surface area contributed by atoms with E-state index in [-0.39, 0.29) is 5.78 Å². The molecule has 4 aromatic rings. The van der Waals surface area contributed by atoms with Gasteiger partial charge in [0.1, 0.15) is 15.5 Å². The van der Waals surface area contributed by atoms with Crippen molar-refractivity contribution in [2.24, 2.45) is 0 Å². The van der Waals surface area contributed by atoms with E-state index in [1.807, 2.05) is 24.3 Å². The Morgan fingerprint density at radius 3 is 2.72 bits per heavy atom. The van der Waals surface area contributed by atoms with Gasteiger partial charge in [-0.25, -0.2) is 4.98 Å². The Kier molecular flexibility index (Phi) is 5.37. The van der Waals surface area contributed by atoms with Gasteiger partial charge in [-0.05, 0) is 42.4 Å². The van der Waals surface area contributed by atoms with Gasteiger partial charge in [-0.3, -0.25) is 4.79 Å². The van der Waals surface area contributed by atoms with Crippen LogP contribution in [0.25, 0.3) is 21.3 Å². The quantitative estimate of drug-likeness (QED) is 0.409. The number of aromatic nitrogens is 1. The lowest BCUT2D eigenvalue weighted by Gasteiger charge is -2.27. The van der Waals surface area contributed by atoms with E-state index in [0.717, 1.165) is 52.3 Å². The molecule has 0 fully saturated rings. The van der Waals surface area contributed by atoms with Crippen LogP contribution < -0.4 is 10.5 Å². The third-order valence-corrected chi connectivity index (χ3v) is 7.23. The molecule has 5 rings (SSSR count). The number of ketones is 1. The lowest BCUT2D eigenvalue weighted by atomic mass is 9.92. The second-order valence-electron chi connectivity index (χ2n) is 7.99. The molecule has 7 heteroatoms. The van der Waals surface area contributed by atoms with Crippen molar-refractivity contribution in [1.29, 1.82) is 0 Å². The maximum atomic E-state index is 13.3. The van der Waals surface area contributed by atoms with Gasteiger partial charge in [-0.2, -0.15) is 0 Å². The number of benzene rings is 2.